The van der Waals surface area contributed by atoms with E-state index in [1.807, 2.05) is 0 Å². The van der Waals surface area contributed by atoms with Crippen LogP contribution in [0.25, 0.3) is 20.9 Å². The van der Waals surface area contributed by atoms with Gasteiger partial charge in [-0.05, 0) is 29.3 Å². The largest absolute Gasteiger partial charge is 0.491 e. The van der Waals surface area contributed by atoms with Gasteiger partial charge in [0, 0.05) is 41.1 Å². The number of azide groups is 2. The number of nitrogens with two attached hydrogens (primary N) is 1. The Bertz CT molecular complexity index is 1940. The molecule has 1 aromatic heterocycles. The van der Waals surface area contributed by atoms with Gasteiger partial charge >= 0.3 is 13.0 Å². The summed E-state index contributed by atoms with van der Waals surface area (Å²) in [5.41, 5.74) is 21.2. The standard InChI is InChI=1S/C28H35N11O13P2/c29-6-8-33-26(41)18-3-1-5-20(11-18)49-16-24(36-38-31)48-10-9-47-15-23(40)32-7-2-4-19-13-39(28(43)35-27(19)42)25-12-21(50-17-34-37-30)22(52-25)14-51-54(45,46)53-44/h1,3,5,11,13,21-22,24-25H,6-10,12,14-17,29H2,(H,32,40)(H,33,41)(H,45,46)(H,35,42,43). The van der Waals surface area contributed by atoms with E-state index in [-0.39, 0.29) is 57.4 Å². The van der Waals surface area contributed by atoms with Gasteiger partial charge in [-0.15, -0.1) is 0 Å². The number of carbonyl (C=O) groups is 2. The van der Waals surface area contributed by atoms with Gasteiger partial charge in [-0.2, -0.15) is 0 Å². The first kappa shape index (κ1) is 43.3. The molecule has 5 atom stereocenters. The third-order valence-electron chi connectivity index (χ3n) is 6.85. The van der Waals surface area contributed by atoms with Crippen molar-refractivity contribution in [2.24, 2.45) is 16.0 Å². The van der Waals surface area contributed by atoms with Crippen LogP contribution in [0.1, 0.15) is 28.6 Å². The molecular formula is C28H35N11O13P2. The number of benzene rings is 1. The maximum Gasteiger partial charge on any atom is 0.417 e. The predicted molar refractivity (Wildman–Crippen MR) is 185 cm³/mol. The van der Waals surface area contributed by atoms with Gasteiger partial charge in [0.15, 0.2) is 6.23 Å². The van der Waals surface area contributed by atoms with Crippen LogP contribution in [-0.4, -0.2) is 104 Å². The van der Waals surface area contributed by atoms with Gasteiger partial charge in [-0.1, -0.05) is 28.1 Å². The van der Waals surface area contributed by atoms with Gasteiger partial charge in [-0.3, -0.25) is 33.0 Å². The number of nitrogens with one attached hydrogen (secondary N) is 3. The van der Waals surface area contributed by atoms with Crippen LogP contribution in [0, 0.1) is 11.8 Å². The molecule has 0 radical (unpaired) electrons. The molecule has 1 aliphatic rings. The highest BCUT2D eigenvalue weighted by atomic mass is 32.1. The molecule has 0 spiro atoms. The number of aromatic nitrogens is 2. The second-order valence-electron chi connectivity index (χ2n) is 10.6. The molecule has 54 heavy (non-hydrogen) atoms. The molecule has 0 aliphatic carbocycles. The van der Waals surface area contributed by atoms with Gasteiger partial charge in [0.2, 0.25) is 5.91 Å². The number of carbonyl (C=O) groups excluding carboxylic acids is 2. The first-order valence-electron chi connectivity index (χ1n) is 15.7. The van der Waals surface area contributed by atoms with Crippen molar-refractivity contribution in [2.45, 2.75) is 31.1 Å². The second-order valence-corrected chi connectivity index (χ2v) is 14.0. The van der Waals surface area contributed by atoms with Crippen LogP contribution >= 0.6 is 15.4 Å². The van der Waals surface area contributed by atoms with Crippen molar-refractivity contribution in [1.82, 2.24) is 20.2 Å². The molecule has 1 aromatic carbocycles. The average molecular weight is 796 g/mol. The SMILES string of the molecule is [N-]=[N+]=NCOC1CC(n2cc(C#CCNC(=O)COCCOC(COc3cccc(C(=O)NCCN)c3)N=[N+]=[N-])c(=O)[nH]c2=O)OC1COP(=O)(O)P=O. The molecular weight excluding hydrogens is 760 g/mol. The Labute approximate surface area is 306 Å². The predicted octanol–water partition coefficient (Wildman–Crippen LogP) is 0.791. The summed E-state index contributed by atoms with van der Waals surface area (Å²) in [6, 6.07) is 6.32. The summed E-state index contributed by atoms with van der Waals surface area (Å²) in [5, 5.41) is 11.9. The molecule has 0 saturated carbocycles. The van der Waals surface area contributed by atoms with Crippen LogP contribution in [0.5, 0.6) is 5.75 Å². The molecule has 2 aromatic rings. The van der Waals surface area contributed by atoms with E-state index >= 15 is 0 Å². The number of rotatable bonds is 22. The number of hydrogen-bond acceptors (Lipinski definition) is 15. The average Bonchev–Trinajstić information content (AvgIpc) is 3.56. The summed E-state index contributed by atoms with van der Waals surface area (Å²) in [5.74, 6) is 4.56. The lowest BCUT2D eigenvalue weighted by molar-refractivity contribution is -0.126. The Morgan fingerprint density at radius 1 is 1.26 bits per heavy atom. The lowest BCUT2D eigenvalue weighted by Crippen LogP contribution is -2.34. The Morgan fingerprint density at radius 3 is 2.81 bits per heavy atom. The minimum atomic E-state index is -4.46. The third-order valence-corrected chi connectivity index (χ3v) is 8.50. The molecule has 0 bridgehead atoms. The van der Waals surface area contributed by atoms with Gasteiger partial charge in [0.05, 0.1) is 32.5 Å². The maximum absolute atomic E-state index is 12.6. The van der Waals surface area contributed by atoms with E-state index in [4.69, 9.17) is 45.0 Å². The fourth-order valence-electron chi connectivity index (χ4n) is 4.43. The van der Waals surface area contributed by atoms with E-state index in [2.05, 4.69) is 47.5 Å². The zero-order chi connectivity index (χ0) is 39.3. The van der Waals surface area contributed by atoms with E-state index < -0.39 is 70.6 Å². The molecule has 290 valence electrons. The summed E-state index contributed by atoms with van der Waals surface area (Å²) in [7, 11) is -5.61. The topological polar surface area (TPSA) is 346 Å². The molecule has 6 N–H and O–H groups in total. The van der Waals surface area contributed by atoms with Crippen LogP contribution in [0.4, 0.5) is 0 Å². The van der Waals surface area contributed by atoms with Crippen LogP contribution in [0.2, 0.25) is 0 Å². The lowest BCUT2D eigenvalue weighted by Gasteiger charge is -2.18. The van der Waals surface area contributed by atoms with Gasteiger partial charge in [0.1, 0.15) is 43.6 Å². The number of hydrogen-bond donors (Lipinski definition) is 5. The minimum absolute atomic E-state index is 0.0499. The molecule has 5 unspecified atom stereocenters. The quantitative estimate of drug-likeness (QED) is 0.0275. The second kappa shape index (κ2) is 22.8. The molecule has 24 nitrogen and oxygen atoms in total. The van der Waals surface area contributed by atoms with Gasteiger partial charge in [0.25, 0.3) is 19.6 Å². The van der Waals surface area contributed by atoms with Crippen LogP contribution in [0.15, 0.2) is 50.3 Å². The molecule has 2 amide bonds. The molecule has 26 heteroatoms. The lowest BCUT2D eigenvalue weighted by atomic mass is 10.2. The smallest absolute Gasteiger partial charge is 0.417 e. The highest BCUT2D eigenvalue weighted by molar-refractivity contribution is 8.14. The van der Waals surface area contributed by atoms with E-state index in [0.717, 1.165) is 10.8 Å². The van der Waals surface area contributed by atoms with Crippen molar-refractivity contribution in [3.63, 3.8) is 0 Å². The summed E-state index contributed by atoms with van der Waals surface area (Å²) in [6.07, 6.45) is -3.04. The van der Waals surface area contributed by atoms with Crippen molar-refractivity contribution in [3.05, 3.63) is 83.3 Å². The van der Waals surface area contributed by atoms with Crippen molar-refractivity contribution >= 4 is 27.2 Å². The number of nitrogens with zero attached hydrogens (tertiary/aromatic N) is 7. The maximum atomic E-state index is 12.6. The zero-order valence-electron chi connectivity index (χ0n) is 28.2. The Hall–Kier alpha value is -5.13. The van der Waals surface area contributed by atoms with E-state index in [0.29, 0.717) is 17.9 Å². The molecule has 3 rings (SSSR count). The summed E-state index contributed by atoms with van der Waals surface area (Å²) in [4.78, 5) is 66.1. The van der Waals surface area contributed by atoms with E-state index in [9.17, 15) is 33.2 Å². The zero-order valence-corrected chi connectivity index (χ0v) is 30.0. The number of H-pyrrole nitrogens is 1. The van der Waals surface area contributed by atoms with E-state index in [1.165, 1.54) is 6.07 Å². The highest BCUT2D eigenvalue weighted by Crippen LogP contribution is 2.55. The van der Waals surface area contributed by atoms with Crippen molar-refractivity contribution < 1.29 is 51.8 Å². The minimum Gasteiger partial charge on any atom is -0.491 e. The molecule has 1 aliphatic heterocycles. The number of ether oxygens (including phenoxy) is 5. The Balaban J connectivity index is 1.46. The monoisotopic (exact) mass is 795 g/mol. The van der Waals surface area contributed by atoms with Crippen LogP contribution in [-0.2, 0) is 37.4 Å². The van der Waals surface area contributed by atoms with Crippen LogP contribution in [0.3, 0.4) is 0 Å². The third kappa shape index (κ3) is 14.7. The summed E-state index contributed by atoms with van der Waals surface area (Å²) < 4.78 is 55.7. The first-order valence-corrected chi connectivity index (χ1v) is 18.8. The van der Waals surface area contributed by atoms with Crippen molar-refractivity contribution in [1.29, 1.82) is 0 Å². The molecule has 1 fully saturated rings. The van der Waals surface area contributed by atoms with Crippen molar-refractivity contribution in [2.75, 3.05) is 59.4 Å². The first-order chi connectivity index (χ1) is 26.0. The Kier molecular flexibility index (Phi) is 18.3. The molecule has 2 heterocycles. The number of aromatic amines is 1. The summed E-state index contributed by atoms with van der Waals surface area (Å²) >= 11 is 0. The van der Waals surface area contributed by atoms with Crippen molar-refractivity contribution in [3.8, 4) is 17.6 Å². The van der Waals surface area contributed by atoms with Crippen LogP contribution < -0.4 is 32.4 Å². The number of amides is 2. The van der Waals surface area contributed by atoms with E-state index in [1.54, 1.807) is 18.2 Å². The summed E-state index contributed by atoms with van der Waals surface area (Å²) in [6.45, 7) is -1.30. The normalized spacial score (nSPS) is 17.9. The van der Waals surface area contributed by atoms with Gasteiger partial charge in [-0.25, -0.2) is 9.36 Å². The Morgan fingerprint density at radius 2 is 2.07 bits per heavy atom. The van der Waals surface area contributed by atoms with Gasteiger partial charge < -0.3 is 44.9 Å². The highest BCUT2D eigenvalue weighted by Gasteiger charge is 2.39. The fourth-order valence-corrected chi connectivity index (χ4v) is 5.16. The molecule has 1 saturated heterocycles. The fraction of sp³-hybridized carbons (Fsp3) is 0.500.